The second-order valence-electron chi connectivity index (χ2n) is 1.95. The standard InChI is InChI=1S/C5H5BrF2N2/c1-5(7,8)10-3-4(6)2-9-10/h2-3H,1H3. The number of halogens is 3. The van der Waals surface area contributed by atoms with Gasteiger partial charge < -0.3 is 0 Å². The van der Waals surface area contributed by atoms with E-state index in [1.807, 2.05) is 0 Å². The van der Waals surface area contributed by atoms with E-state index in [9.17, 15) is 8.78 Å². The molecule has 0 aliphatic rings. The topological polar surface area (TPSA) is 17.8 Å². The Morgan fingerprint density at radius 3 is 2.50 bits per heavy atom. The molecule has 0 radical (unpaired) electrons. The highest BCUT2D eigenvalue weighted by Gasteiger charge is 2.23. The summed E-state index contributed by atoms with van der Waals surface area (Å²) < 4.78 is 25.8. The van der Waals surface area contributed by atoms with Crippen molar-refractivity contribution in [3.63, 3.8) is 0 Å². The summed E-state index contributed by atoms with van der Waals surface area (Å²) in [6.45, 7) is 0.784. The van der Waals surface area contributed by atoms with Gasteiger partial charge in [0, 0.05) is 13.1 Å². The van der Waals surface area contributed by atoms with Crippen molar-refractivity contribution < 1.29 is 8.78 Å². The molecular formula is C5H5BrF2N2. The summed E-state index contributed by atoms with van der Waals surface area (Å²) in [5.74, 6) is 0. The van der Waals surface area contributed by atoms with Crippen molar-refractivity contribution in [3.8, 4) is 0 Å². The molecule has 10 heavy (non-hydrogen) atoms. The van der Waals surface area contributed by atoms with Gasteiger partial charge in [-0.2, -0.15) is 13.9 Å². The molecule has 0 aliphatic heterocycles. The first-order valence-electron chi connectivity index (χ1n) is 2.58. The monoisotopic (exact) mass is 210 g/mol. The van der Waals surface area contributed by atoms with Crippen molar-refractivity contribution in [1.29, 1.82) is 0 Å². The third-order valence-corrected chi connectivity index (χ3v) is 1.36. The Hall–Kier alpha value is -0.450. The molecule has 1 aromatic heterocycles. The Kier molecular flexibility index (Phi) is 1.76. The van der Waals surface area contributed by atoms with Gasteiger partial charge in [-0.3, -0.25) is 0 Å². The lowest BCUT2D eigenvalue weighted by Crippen LogP contribution is -2.18. The maximum absolute atomic E-state index is 12.3. The van der Waals surface area contributed by atoms with Crippen LogP contribution in [0.5, 0.6) is 0 Å². The van der Waals surface area contributed by atoms with Crippen LogP contribution in [0, 0.1) is 0 Å². The van der Waals surface area contributed by atoms with Crippen LogP contribution in [0.4, 0.5) is 8.78 Å². The zero-order valence-electron chi connectivity index (χ0n) is 5.18. The second kappa shape index (κ2) is 2.30. The Labute approximate surface area is 65.0 Å². The van der Waals surface area contributed by atoms with Gasteiger partial charge in [-0.15, -0.1) is 0 Å². The minimum atomic E-state index is -2.91. The minimum Gasteiger partial charge on any atom is -0.208 e. The average molecular weight is 211 g/mol. The first kappa shape index (κ1) is 7.65. The molecule has 0 N–H and O–H groups in total. The fourth-order valence-electron chi connectivity index (χ4n) is 0.516. The maximum Gasteiger partial charge on any atom is 0.340 e. The van der Waals surface area contributed by atoms with Gasteiger partial charge in [0.1, 0.15) is 0 Å². The summed E-state index contributed by atoms with van der Waals surface area (Å²) in [6.07, 6.45) is 2.54. The molecule has 0 aromatic carbocycles. The van der Waals surface area contributed by atoms with E-state index in [0.717, 1.165) is 6.92 Å². The van der Waals surface area contributed by atoms with Gasteiger partial charge in [0.2, 0.25) is 0 Å². The molecule has 0 unspecified atom stereocenters. The normalized spacial score (nSPS) is 12.0. The lowest BCUT2D eigenvalue weighted by Gasteiger charge is -2.08. The number of hydrogen-bond acceptors (Lipinski definition) is 1. The van der Waals surface area contributed by atoms with Crippen LogP contribution in [0.3, 0.4) is 0 Å². The molecule has 0 aliphatic carbocycles. The second-order valence-corrected chi connectivity index (χ2v) is 2.86. The maximum atomic E-state index is 12.3. The van der Waals surface area contributed by atoms with Crippen molar-refractivity contribution in [2.45, 2.75) is 13.0 Å². The van der Waals surface area contributed by atoms with Crippen molar-refractivity contribution in [3.05, 3.63) is 16.9 Å². The molecule has 0 spiro atoms. The molecule has 0 fully saturated rings. The highest BCUT2D eigenvalue weighted by molar-refractivity contribution is 9.10. The van der Waals surface area contributed by atoms with Gasteiger partial charge in [-0.1, -0.05) is 0 Å². The van der Waals surface area contributed by atoms with Crippen LogP contribution < -0.4 is 0 Å². The fourth-order valence-corrected chi connectivity index (χ4v) is 0.801. The van der Waals surface area contributed by atoms with Crippen molar-refractivity contribution in [2.24, 2.45) is 0 Å². The summed E-state index contributed by atoms with van der Waals surface area (Å²) in [5, 5.41) is 3.41. The summed E-state index contributed by atoms with van der Waals surface area (Å²) in [6, 6.07) is -2.91. The average Bonchev–Trinajstić information content (AvgIpc) is 2.11. The molecular weight excluding hydrogens is 206 g/mol. The number of hydrogen-bond donors (Lipinski definition) is 0. The molecule has 1 rings (SSSR count). The van der Waals surface area contributed by atoms with E-state index in [1.165, 1.54) is 12.4 Å². The molecule has 1 heterocycles. The molecule has 1 aromatic rings. The van der Waals surface area contributed by atoms with E-state index in [4.69, 9.17) is 0 Å². The van der Waals surface area contributed by atoms with E-state index in [2.05, 4.69) is 21.0 Å². The summed E-state index contributed by atoms with van der Waals surface area (Å²) in [7, 11) is 0. The zero-order chi connectivity index (χ0) is 7.78. The van der Waals surface area contributed by atoms with Crippen LogP contribution >= 0.6 is 15.9 Å². The zero-order valence-corrected chi connectivity index (χ0v) is 6.77. The van der Waals surface area contributed by atoms with E-state index in [1.54, 1.807) is 0 Å². The van der Waals surface area contributed by atoms with Gasteiger partial charge in [0.15, 0.2) is 0 Å². The molecule has 0 amide bonds. The molecule has 0 saturated heterocycles. The van der Waals surface area contributed by atoms with E-state index in [-0.39, 0.29) is 0 Å². The van der Waals surface area contributed by atoms with Crippen molar-refractivity contribution >= 4 is 15.9 Å². The largest absolute Gasteiger partial charge is 0.340 e. The van der Waals surface area contributed by atoms with E-state index in [0.29, 0.717) is 9.15 Å². The SMILES string of the molecule is CC(F)(F)n1cc(Br)cn1. The third-order valence-electron chi connectivity index (χ3n) is 0.953. The van der Waals surface area contributed by atoms with E-state index >= 15 is 0 Å². The van der Waals surface area contributed by atoms with Crippen LogP contribution in [0.2, 0.25) is 0 Å². The fraction of sp³-hybridized carbons (Fsp3) is 0.400. The van der Waals surface area contributed by atoms with Crippen LogP contribution in [0.15, 0.2) is 16.9 Å². The lowest BCUT2D eigenvalue weighted by atomic mass is 10.6. The first-order valence-corrected chi connectivity index (χ1v) is 3.38. The first-order chi connectivity index (χ1) is 4.50. The third kappa shape index (κ3) is 1.53. The molecule has 5 heteroatoms. The highest BCUT2D eigenvalue weighted by Crippen LogP contribution is 2.19. The van der Waals surface area contributed by atoms with Gasteiger partial charge >= 0.3 is 6.05 Å². The van der Waals surface area contributed by atoms with Gasteiger partial charge in [0.05, 0.1) is 10.7 Å². The van der Waals surface area contributed by atoms with E-state index < -0.39 is 6.05 Å². The Bertz CT molecular complexity index is 228. The van der Waals surface area contributed by atoms with Gasteiger partial charge in [-0.05, 0) is 15.9 Å². The Morgan fingerprint density at radius 2 is 2.30 bits per heavy atom. The quantitative estimate of drug-likeness (QED) is 0.696. The Balaban J connectivity index is 2.96. The lowest BCUT2D eigenvalue weighted by molar-refractivity contribution is -0.0723. The molecule has 2 nitrogen and oxygen atoms in total. The van der Waals surface area contributed by atoms with Crippen LogP contribution in [-0.2, 0) is 6.05 Å². The molecule has 56 valence electrons. The summed E-state index contributed by atoms with van der Waals surface area (Å²) >= 11 is 3.01. The number of aromatic nitrogens is 2. The molecule has 0 atom stereocenters. The van der Waals surface area contributed by atoms with Crippen LogP contribution in [0.25, 0.3) is 0 Å². The minimum absolute atomic E-state index is 0.550. The van der Waals surface area contributed by atoms with Crippen LogP contribution in [-0.4, -0.2) is 9.78 Å². The highest BCUT2D eigenvalue weighted by atomic mass is 79.9. The van der Waals surface area contributed by atoms with Gasteiger partial charge in [-0.25, -0.2) is 4.68 Å². The predicted molar refractivity (Wildman–Crippen MR) is 35.8 cm³/mol. The Morgan fingerprint density at radius 1 is 1.70 bits per heavy atom. The molecule has 0 saturated carbocycles. The van der Waals surface area contributed by atoms with Crippen molar-refractivity contribution in [1.82, 2.24) is 9.78 Å². The predicted octanol–water partition coefficient (Wildman–Crippen LogP) is 2.21. The summed E-state index contributed by atoms with van der Waals surface area (Å²) in [4.78, 5) is 0. The van der Waals surface area contributed by atoms with Crippen LogP contribution in [0.1, 0.15) is 6.92 Å². The number of alkyl halides is 2. The molecule has 0 bridgehead atoms. The van der Waals surface area contributed by atoms with Gasteiger partial charge in [0.25, 0.3) is 0 Å². The smallest absolute Gasteiger partial charge is 0.208 e. The number of nitrogens with zero attached hydrogens (tertiary/aromatic N) is 2. The summed E-state index contributed by atoms with van der Waals surface area (Å²) in [5.41, 5.74) is 0. The number of rotatable bonds is 1. The van der Waals surface area contributed by atoms with Crippen molar-refractivity contribution in [2.75, 3.05) is 0 Å².